The smallest absolute Gasteiger partial charge is 0.306 e. The molecule has 0 aromatic rings. The number of ether oxygens (including phenoxy) is 3. The summed E-state index contributed by atoms with van der Waals surface area (Å²) in [6, 6.07) is 0. The maximum absolute atomic E-state index is 12.8. The van der Waals surface area contributed by atoms with Crippen LogP contribution in [-0.4, -0.2) is 37.2 Å². The average Bonchev–Trinajstić information content (AvgIpc) is 3.34. The monoisotopic (exact) mass is 943 g/mol. The van der Waals surface area contributed by atoms with Crippen LogP contribution < -0.4 is 0 Å². The molecular weight excluding hydrogens is 841 g/mol. The number of hydrogen-bond donors (Lipinski definition) is 0. The van der Waals surface area contributed by atoms with E-state index in [0.717, 1.165) is 109 Å². The lowest BCUT2D eigenvalue weighted by Crippen LogP contribution is -2.30. The van der Waals surface area contributed by atoms with Crippen molar-refractivity contribution in [2.75, 3.05) is 13.2 Å². The third-order valence-electron chi connectivity index (χ3n) is 11.5. The number of esters is 3. The highest BCUT2D eigenvalue weighted by molar-refractivity contribution is 5.71. The third-order valence-corrected chi connectivity index (χ3v) is 11.5. The Kier molecular flexibility index (Phi) is 52.4. The maximum Gasteiger partial charge on any atom is 0.306 e. The Bertz CT molecular complexity index is 1410. The maximum atomic E-state index is 12.8. The van der Waals surface area contributed by atoms with Crippen LogP contribution in [0.3, 0.4) is 0 Å². The van der Waals surface area contributed by atoms with Crippen LogP contribution >= 0.6 is 0 Å². The number of hydrogen-bond acceptors (Lipinski definition) is 6. The Balaban J connectivity index is 4.52. The van der Waals surface area contributed by atoms with Gasteiger partial charge in [0.1, 0.15) is 13.2 Å². The molecule has 6 heteroatoms. The molecule has 0 saturated carbocycles. The normalized spacial score (nSPS) is 12.9. The first-order valence-corrected chi connectivity index (χ1v) is 27.9. The van der Waals surface area contributed by atoms with E-state index in [0.29, 0.717) is 19.3 Å². The van der Waals surface area contributed by atoms with Crippen molar-refractivity contribution in [1.82, 2.24) is 0 Å². The Hall–Kier alpha value is -3.93. The Morgan fingerprint density at radius 2 is 0.588 bits per heavy atom. The van der Waals surface area contributed by atoms with E-state index in [-0.39, 0.29) is 37.5 Å². The first-order chi connectivity index (χ1) is 33.5. The molecule has 1 atom stereocenters. The van der Waals surface area contributed by atoms with Gasteiger partial charge >= 0.3 is 17.9 Å². The molecule has 386 valence electrons. The minimum Gasteiger partial charge on any atom is -0.462 e. The molecule has 0 aromatic heterocycles. The van der Waals surface area contributed by atoms with Gasteiger partial charge < -0.3 is 14.2 Å². The van der Waals surface area contributed by atoms with Gasteiger partial charge in [-0.25, -0.2) is 0 Å². The fourth-order valence-corrected chi connectivity index (χ4v) is 7.30. The topological polar surface area (TPSA) is 78.9 Å². The van der Waals surface area contributed by atoms with Crippen LogP contribution in [0.5, 0.6) is 0 Å². The Morgan fingerprint density at radius 3 is 0.956 bits per heavy atom. The van der Waals surface area contributed by atoms with Gasteiger partial charge in [0.25, 0.3) is 0 Å². The predicted molar refractivity (Wildman–Crippen MR) is 293 cm³/mol. The summed E-state index contributed by atoms with van der Waals surface area (Å²) in [6.45, 7) is 6.41. The molecule has 0 aliphatic carbocycles. The van der Waals surface area contributed by atoms with Crippen LogP contribution in [0, 0.1) is 0 Å². The summed E-state index contributed by atoms with van der Waals surface area (Å²) < 4.78 is 16.8. The zero-order valence-electron chi connectivity index (χ0n) is 44.1. The van der Waals surface area contributed by atoms with Crippen LogP contribution in [0.15, 0.2) is 109 Å². The number of rotatable bonds is 49. The van der Waals surface area contributed by atoms with E-state index in [1.807, 2.05) is 0 Å². The van der Waals surface area contributed by atoms with Gasteiger partial charge in [0.05, 0.1) is 0 Å². The largest absolute Gasteiger partial charge is 0.462 e. The summed E-state index contributed by atoms with van der Waals surface area (Å²) in [7, 11) is 0. The fourth-order valence-electron chi connectivity index (χ4n) is 7.30. The van der Waals surface area contributed by atoms with Crippen molar-refractivity contribution in [1.29, 1.82) is 0 Å². The summed E-state index contributed by atoms with van der Waals surface area (Å²) in [4.78, 5) is 38.1. The number of carbonyl (C=O) groups is 3. The van der Waals surface area contributed by atoms with Gasteiger partial charge in [0.2, 0.25) is 0 Å². The van der Waals surface area contributed by atoms with E-state index in [9.17, 15) is 14.4 Å². The summed E-state index contributed by atoms with van der Waals surface area (Å²) in [6.07, 6.45) is 75.0. The Labute approximate surface area is 419 Å². The first-order valence-electron chi connectivity index (χ1n) is 27.9. The SMILES string of the molecule is CC/C=C\C/C=C\C/C=C\CCCCCCCCC(=O)OCC(COC(=O)CCC/C=C\C/C=C\C/C=C\C/C=C\CCCCC)OC(=O)CCCCCCCCC/C=C\C/C=C\CCCCC. The molecule has 68 heavy (non-hydrogen) atoms. The van der Waals surface area contributed by atoms with Crippen molar-refractivity contribution in [3.63, 3.8) is 0 Å². The van der Waals surface area contributed by atoms with Gasteiger partial charge in [-0.3, -0.25) is 14.4 Å². The van der Waals surface area contributed by atoms with Crippen LogP contribution in [0.1, 0.15) is 245 Å². The van der Waals surface area contributed by atoms with Gasteiger partial charge in [-0.1, -0.05) is 214 Å². The van der Waals surface area contributed by atoms with Gasteiger partial charge in [-0.05, 0) is 122 Å². The summed E-state index contributed by atoms with van der Waals surface area (Å²) in [5.74, 6) is -0.986. The molecule has 0 N–H and O–H groups in total. The minimum absolute atomic E-state index is 0.107. The fraction of sp³-hybridized carbons (Fsp3) is 0.661. The van der Waals surface area contributed by atoms with Crippen LogP contribution in [-0.2, 0) is 28.6 Å². The molecule has 6 nitrogen and oxygen atoms in total. The lowest BCUT2D eigenvalue weighted by molar-refractivity contribution is -0.167. The third kappa shape index (κ3) is 53.0. The van der Waals surface area contributed by atoms with Gasteiger partial charge in [-0.15, -0.1) is 0 Å². The Morgan fingerprint density at radius 1 is 0.309 bits per heavy atom. The van der Waals surface area contributed by atoms with Crippen LogP contribution in [0.4, 0.5) is 0 Å². The predicted octanol–water partition coefficient (Wildman–Crippen LogP) is 18.7. The highest BCUT2D eigenvalue weighted by Gasteiger charge is 2.19. The molecule has 0 aliphatic rings. The molecule has 0 aromatic carbocycles. The summed E-state index contributed by atoms with van der Waals surface area (Å²) >= 11 is 0. The molecule has 0 saturated heterocycles. The average molecular weight is 943 g/mol. The summed E-state index contributed by atoms with van der Waals surface area (Å²) in [5.41, 5.74) is 0. The van der Waals surface area contributed by atoms with E-state index in [4.69, 9.17) is 14.2 Å². The van der Waals surface area contributed by atoms with Gasteiger partial charge in [0.15, 0.2) is 6.10 Å². The first kappa shape index (κ1) is 64.1. The van der Waals surface area contributed by atoms with E-state index in [1.54, 1.807) is 0 Å². The molecule has 0 amide bonds. The molecule has 0 radical (unpaired) electrons. The van der Waals surface area contributed by atoms with E-state index in [2.05, 4.69) is 130 Å². The van der Waals surface area contributed by atoms with Crippen molar-refractivity contribution < 1.29 is 28.6 Å². The lowest BCUT2D eigenvalue weighted by Gasteiger charge is -2.18. The molecular formula is C62H102O6. The molecule has 0 rings (SSSR count). The molecule has 1 unspecified atom stereocenters. The number of carbonyl (C=O) groups excluding carboxylic acids is 3. The standard InChI is InChI=1S/C62H102O6/c1-4-7-10-13-16-19-22-25-28-31-34-37-40-43-46-49-52-55-61(64)67-58-59(57-66-60(63)54-51-48-45-42-39-36-33-30-27-24-21-18-15-12-9-6-3)68-62(65)56-53-50-47-44-41-38-35-32-29-26-23-20-17-14-11-8-5-2/h9,12,16-21,25-30,34,37,43,46,59H,4-8,10-11,13-15,22-24,31-33,35-36,38-42,44-45,47-58H2,1-3H3/b12-9-,19-16-,20-17-,21-18-,28-25-,29-26-,30-27-,37-34-,46-43-. The highest BCUT2D eigenvalue weighted by Crippen LogP contribution is 2.14. The second kappa shape index (κ2) is 55.7. The van der Waals surface area contributed by atoms with E-state index >= 15 is 0 Å². The molecule has 0 heterocycles. The van der Waals surface area contributed by atoms with Crippen molar-refractivity contribution in [2.45, 2.75) is 252 Å². The van der Waals surface area contributed by atoms with E-state index < -0.39 is 6.10 Å². The van der Waals surface area contributed by atoms with Crippen molar-refractivity contribution >= 4 is 17.9 Å². The minimum atomic E-state index is -0.812. The van der Waals surface area contributed by atoms with Gasteiger partial charge in [0, 0.05) is 19.3 Å². The zero-order chi connectivity index (χ0) is 49.3. The molecule has 0 bridgehead atoms. The van der Waals surface area contributed by atoms with Crippen LogP contribution in [0.25, 0.3) is 0 Å². The number of allylic oxidation sites excluding steroid dienone is 18. The quantitative estimate of drug-likeness (QED) is 0.0262. The second-order valence-electron chi connectivity index (χ2n) is 18.1. The van der Waals surface area contributed by atoms with Crippen molar-refractivity contribution in [3.05, 3.63) is 109 Å². The van der Waals surface area contributed by atoms with Crippen LogP contribution in [0.2, 0.25) is 0 Å². The highest BCUT2D eigenvalue weighted by atomic mass is 16.6. The van der Waals surface area contributed by atoms with Crippen molar-refractivity contribution in [3.8, 4) is 0 Å². The molecule has 0 fully saturated rings. The van der Waals surface area contributed by atoms with Crippen molar-refractivity contribution in [2.24, 2.45) is 0 Å². The van der Waals surface area contributed by atoms with E-state index in [1.165, 1.54) is 89.9 Å². The summed E-state index contributed by atoms with van der Waals surface area (Å²) in [5, 5.41) is 0. The second-order valence-corrected chi connectivity index (χ2v) is 18.1. The zero-order valence-corrected chi connectivity index (χ0v) is 44.1. The lowest BCUT2D eigenvalue weighted by atomic mass is 10.1. The van der Waals surface area contributed by atoms with Gasteiger partial charge in [-0.2, -0.15) is 0 Å². The molecule has 0 spiro atoms. The molecule has 0 aliphatic heterocycles. The number of unbranched alkanes of at least 4 members (excludes halogenated alkanes) is 20.